The first kappa shape index (κ1) is 13.7. The van der Waals surface area contributed by atoms with Crippen LogP contribution in [0.5, 0.6) is 0 Å². The number of nitrogens with one attached hydrogen (secondary N) is 1. The van der Waals surface area contributed by atoms with Crippen molar-refractivity contribution in [3.05, 3.63) is 0 Å². The monoisotopic (exact) mass is 220 g/mol. The number of amides is 1. The fraction of sp³-hybridized carbons (Fsp3) is 0.889. The van der Waals surface area contributed by atoms with Gasteiger partial charge in [-0.05, 0) is 33.3 Å². The number of aliphatic hydroxyl groups excluding tert-OH is 1. The van der Waals surface area contributed by atoms with Crippen molar-refractivity contribution in [3.8, 4) is 0 Å². The van der Waals surface area contributed by atoms with E-state index in [1.54, 1.807) is 0 Å². The summed E-state index contributed by atoms with van der Waals surface area (Å²) >= 11 is 1.46. The number of carbonyl (C=O) groups is 1. The maximum Gasteiger partial charge on any atom is 0.249 e. The Kier molecular flexibility index (Phi) is 7.93. The van der Waals surface area contributed by atoms with Gasteiger partial charge in [0.25, 0.3) is 0 Å². The Labute approximate surface area is 90.0 Å². The van der Waals surface area contributed by atoms with Crippen LogP contribution < -0.4 is 5.32 Å². The third-order valence-corrected chi connectivity index (χ3v) is 2.36. The van der Waals surface area contributed by atoms with Crippen molar-refractivity contribution in [2.75, 3.05) is 39.2 Å². The van der Waals surface area contributed by atoms with Gasteiger partial charge in [0.2, 0.25) is 5.91 Å². The predicted molar refractivity (Wildman–Crippen MR) is 60.6 cm³/mol. The summed E-state index contributed by atoms with van der Waals surface area (Å²) < 4.78 is 0. The van der Waals surface area contributed by atoms with Gasteiger partial charge in [0, 0.05) is 12.3 Å². The zero-order valence-corrected chi connectivity index (χ0v) is 9.93. The van der Waals surface area contributed by atoms with E-state index in [0.717, 1.165) is 13.0 Å². The molecule has 5 heteroatoms. The van der Waals surface area contributed by atoms with Crippen LogP contribution in [0.15, 0.2) is 0 Å². The minimum atomic E-state index is -0.871. The molecule has 1 amide bonds. The van der Waals surface area contributed by atoms with Crippen molar-refractivity contribution in [1.29, 1.82) is 0 Å². The number of hydrogen-bond donors (Lipinski definition) is 2. The second kappa shape index (κ2) is 8.08. The van der Waals surface area contributed by atoms with Crippen molar-refractivity contribution < 1.29 is 9.90 Å². The first-order chi connectivity index (χ1) is 6.57. The number of rotatable bonds is 7. The van der Waals surface area contributed by atoms with E-state index in [-0.39, 0.29) is 5.91 Å². The second-order valence-electron chi connectivity index (χ2n) is 3.42. The molecule has 0 heterocycles. The lowest BCUT2D eigenvalue weighted by Gasteiger charge is -2.12. The largest absolute Gasteiger partial charge is 0.382 e. The topological polar surface area (TPSA) is 52.6 Å². The van der Waals surface area contributed by atoms with Crippen molar-refractivity contribution >= 4 is 17.7 Å². The zero-order valence-electron chi connectivity index (χ0n) is 9.12. The lowest BCUT2D eigenvalue weighted by molar-refractivity contribution is -0.128. The summed E-state index contributed by atoms with van der Waals surface area (Å²) in [5.74, 6) is 0.192. The SMILES string of the molecule is CSCC(O)C(=O)NCCCN(C)C. The fourth-order valence-corrected chi connectivity index (χ4v) is 1.43. The van der Waals surface area contributed by atoms with E-state index in [1.165, 1.54) is 11.8 Å². The van der Waals surface area contributed by atoms with Gasteiger partial charge in [-0.25, -0.2) is 0 Å². The number of thioether (sulfide) groups is 1. The minimum absolute atomic E-state index is 0.266. The van der Waals surface area contributed by atoms with Gasteiger partial charge in [-0.15, -0.1) is 0 Å². The van der Waals surface area contributed by atoms with Gasteiger partial charge in [0.15, 0.2) is 0 Å². The molecule has 0 radical (unpaired) electrons. The summed E-state index contributed by atoms with van der Waals surface area (Å²) in [6.07, 6.45) is 1.90. The summed E-state index contributed by atoms with van der Waals surface area (Å²) in [7, 11) is 3.98. The zero-order chi connectivity index (χ0) is 11.0. The molecule has 14 heavy (non-hydrogen) atoms. The quantitative estimate of drug-likeness (QED) is 0.582. The molecule has 0 aliphatic heterocycles. The highest BCUT2D eigenvalue weighted by atomic mass is 32.2. The summed E-state index contributed by atoms with van der Waals surface area (Å²) in [5, 5.41) is 12.0. The Balaban J connectivity index is 3.44. The highest BCUT2D eigenvalue weighted by Gasteiger charge is 2.12. The second-order valence-corrected chi connectivity index (χ2v) is 4.33. The minimum Gasteiger partial charge on any atom is -0.382 e. The first-order valence-electron chi connectivity index (χ1n) is 4.67. The van der Waals surface area contributed by atoms with Gasteiger partial charge in [-0.1, -0.05) is 0 Å². The molecule has 4 nitrogen and oxygen atoms in total. The highest BCUT2D eigenvalue weighted by Crippen LogP contribution is 1.96. The van der Waals surface area contributed by atoms with Gasteiger partial charge in [0.1, 0.15) is 6.10 Å². The van der Waals surface area contributed by atoms with E-state index in [1.807, 2.05) is 20.4 Å². The van der Waals surface area contributed by atoms with E-state index in [0.29, 0.717) is 12.3 Å². The smallest absolute Gasteiger partial charge is 0.249 e. The average molecular weight is 220 g/mol. The van der Waals surface area contributed by atoms with Gasteiger partial charge < -0.3 is 15.3 Å². The maximum atomic E-state index is 11.2. The maximum absolute atomic E-state index is 11.2. The van der Waals surface area contributed by atoms with Crippen LogP contribution in [0.1, 0.15) is 6.42 Å². The van der Waals surface area contributed by atoms with E-state index in [4.69, 9.17) is 0 Å². The van der Waals surface area contributed by atoms with Crippen LogP contribution in [0.2, 0.25) is 0 Å². The molecule has 0 aromatic carbocycles. The van der Waals surface area contributed by atoms with Crippen LogP contribution in [-0.2, 0) is 4.79 Å². The highest BCUT2D eigenvalue weighted by molar-refractivity contribution is 7.98. The predicted octanol–water partition coefficient (Wildman–Crippen LogP) is -0.222. The van der Waals surface area contributed by atoms with Crippen molar-refractivity contribution in [2.24, 2.45) is 0 Å². The lowest BCUT2D eigenvalue weighted by atomic mass is 10.3. The van der Waals surface area contributed by atoms with Crippen molar-refractivity contribution in [2.45, 2.75) is 12.5 Å². The Morgan fingerprint density at radius 2 is 2.21 bits per heavy atom. The molecule has 0 aliphatic carbocycles. The molecule has 0 saturated heterocycles. The Hall–Kier alpha value is -0.260. The normalized spacial score (nSPS) is 12.9. The van der Waals surface area contributed by atoms with Crippen LogP contribution in [0, 0.1) is 0 Å². The number of hydrogen-bond acceptors (Lipinski definition) is 4. The molecular weight excluding hydrogens is 200 g/mol. The molecule has 0 spiro atoms. The van der Waals surface area contributed by atoms with Crippen molar-refractivity contribution in [3.63, 3.8) is 0 Å². The van der Waals surface area contributed by atoms with Crippen LogP contribution in [0.4, 0.5) is 0 Å². The molecule has 0 saturated carbocycles. The molecular formula is C9H20N2O2S. The Morgan fingerprint density at radius 3 is 2.71 bits per heavy atom. The molecule has 0 fully saturated rings. The average Bonchev–Trinajstić information content (AvgIpc) is 2.12. The molecule has 1 unspecified atom stereocenters. The van der Waals surface area contributed by atoms with E-state index in [2.05, 4.69) is 10.2 Å². The number of aliphatic hydroxyl groups is 1. The van der Waals surface area contributed by atoms with Gasteiger partial charge in [0.05, 0.1) is 0 Å². The van der Waals surface area contributed by atoms with Gasteiger partial charge in [-0.3, -0.25) is 4.79 Å². The van der Waals surface area contributed by atoms with Crippen LogP contribution >= 0.6 is 11.8 Å². The molecule has 0 rings (SSSR count). The summed E-state index contributed by atoms with van der Waals surface area (Å²) in [6.45, 7) is 1.57. The summed E-state index contributed by atoms with van der Waals surface area (Å²) in [5.41, 5.74) is 0. The number of carbonyl (C=O) groups excluding carboxylic acids is 1. The molecule has 0 bridgehead atoms. The number of nitrogens with zero attached hydrogens (tertiary/aromatic N) is 1. The molecule has 0 aromatic heterocycles. The van der Waals surface area contributed by atoms with E-state index < -0.39 is 6.10 Å². The van der Waals surface area contributed by atoms with Crippen LogP contribution in [0.25, 0.3) is 0 Å². The van der Waals surface area contributed by atoms with E-state index in [9.17, 15) is 9.90 Å². The Bertz CT molecular complexity index is 165. The fourth-order valence-electron chi connectivity index (χ4n) is 0.958. The lowest BCUT2D eigenvalue weighted by Crippen LogP contribution is -2.37. The summed E-state index contributed by atoms with van der Waals surface area (Å²) in [4.78, 5) is 13.2. The molecule has 84 valence electrons. The van der Waals surface area contributed by atoms with Crippen molar-refractivity contribution in [1.82, 2.24) is 10.2 Å². The third-order valence-electron chi connectivity index (χ3n) is 1.71. The first-order valence-corrected chi connectivity index (χ1v) is 6.06. The molecule has 0 aromatic rings. The molecule has 2 N–H and O–H groups in total. The molecule has 1 atom stereocenters. The van der Waals surface area contributed by atoms with Crippen LogP contribution in [0.3, 0.4) is 0 Å². The standard InChI is InChI=1S/C9H20N2O2S/c1-11(2)6-4-5-10-9(13)8(12)7-14-3/h8,12H,4-7H2,1-3H3,(H,10,13). The van der Waals surface area contributed by atoms with Gasteiger partial charge in [-0.2, -0.15) is 11.8 Å². The van der Waals surface area contributed by atoms with E-state index >= 15 is 0 Å². The van der Waals surface area contributed by atoms with Gasteiger partial charge >= 0.3 is 0 Å². The summed E-state index contributed by atoms with van der Waals surface area (Å²) in [6, 6.07) is 0. The van der Waals surface area contributed by atoms with Crippen LogP contribution in [-0.4, -0.2) is 61.2 Å². The Morgan fingerprint density at radius 1 is 1.57 bits per heavy atom. The molecule has 0 aliphatic rings. The third kappa shape index (κ3) is 7.17.